The molecule has 17 heavy (non-hydrogen) atoms. The van der Waals surface area contributed by atoms with Gasteiger partial charge in [0, 0.05) is 24.5 Å². The van der Waals surface area contributed by atoms with Crippen LogP contribution < -0.4 is 10.6 Å². The van der Waals surface area contributed by atoms with Crippen molar-refractivity contribution in [3.05, 3.63) is 23.5 Å². The zero-order valence-corrected chi connectivity index (χ0v) is 11.2. The molecule has 0 radical (unpaired) electrons. The highest BCUT2D eigenvalue weighted by Gasteiger charge is 2.20. The maximum Gasteiger partial charge on any atom is 0.255 e. The third-order valence-electron chi connectivity index (χ3n) is 2.89. The minimum absolute atomic E-state index is 0.0892. The molecule has 0 bridgehead atoms. The van der Waals surface area contributed by atoms with Crippen LogP contribution in [0.2, 0.25) is 0 Å². The Morgan fingerprint density at radius 3 is 2.65 bits per heavy atom. The molecular weight excluding hydrogens is 214 g/mol. The molecule has 4 heteroatoms. The second-order valence-electron chi connectivity index (χ2n) is 4.81. The lowest BCUT2D eigenvalue weighted by Crippen LogP contribution is -2.43. The lowest BCUT2D eigenvalue weighted by molar-refractivity contribution is 0.0911. The van der Waals surface area contributed by atoms with Crippen molar-refractivity contribution < 1.29 is 4.79 Å². The average molecular weight is 235 g/mol. The van der Waals surface area contributed by atoms with Crippen LogP contribution in [0.15, 0.2) is 12.3 Å². The summed E-state index contributed by atoms with van der Waals surface area (Å²) in [7, 11) is 1.80. The van der Waals surface area contributed by atoms with Gasteiger partial charge in [0.15, 0.2) is 0 Å². The molecule has 0 saturated carbocycles. The van der Waals surface area contributed by atoms with Crippen LogP contribution in [-0.2, 0) is 0 Å². The molecular formula is C13H21N3O. The number of rotatable bonds is 4. The number of pyridine rings is 1. The molecule has 0 aliphatic carbocycles. The van der Waals surface area contributed by atoms with Crippen molar-refractivity contribution in [2.75, 3.05) is 12.4 Å². The molecule has 0 atom stereocenters. The monoisotopic (exact) mass is 235 g/mol. The normalized spacial score (nSPS) is 11.1. The van der Waals surface area contributed by atoms with Crippen LogP contribution in [0.4, 0.5) is 5.69 Å². The number of aryl methyl sites for hydroxylation is 1. The molecule has 0 spiro atoms. The van der Waals surface area contributed by atoms with Gasteiger partial charge in [-0.2, -0.15) is 0 Å². The van der Waals surface area contributed by atoms with Crippen LogP contribution >= 0.6 is 0 Å². The Labute approximate surface area is 103 Å². The highest BCUT2D eigenvalue weighted by Crippen LogP contribution is 2.17. The largest absolute Gasteiger partial charge is 0.387 e. The zero-order chi connectivity index (χ0) is 13.1. The van der Waals surface area contributed by atoms with E-state index in [0.29, 0.717) is 5.56 Å². The molecule has 1 heterocycles. The number of carbonyl (C=O) groups is 1. The molecule has 0 aromatic carbocycles. The summed E-state index contributed by atoms with van der Waals surface area (Å²) >= 11 is 0. The first-order chi connectivity index (χ1) is 7.89. The van der Waals surface area contributed by atoms with Crippen LogP contribution in [0.5, 0.6) is 0 Å². The maximum atomic E-state index is 12.1. The highest BCUT2D eigenvalue weighted by molar-refractivity contribution is 5.99. The second kappa shape index (κ2) is 5.17. The van der Waals surface area contributed by atoms with E-state index in [9.17, 15) is 4.79 Å². The molecule has 1 aromatic heterocycles. The fraction of sp³-hybridized carbons (Fsp3) is 0.538. The molecule has 1 aromatic rings. The van der Waals surface area contributed by atoms with Gasteiger partial charge in [-0.3, -0.25) is 9.78 Å². The van der Waals surface area contributed by atoms with E-state index in [2.05, 4.69) is 15.6 Å². The van der Waals surface area contributed by atoms with E-state index in [1.165, 1.54) is 0 Å². The second-order valence-corrected chi connectivity index (χ2v) is 4.81. The van der Waals surface area contributed by atoms with Crippen LogP contribution in [0.25, 0.3) is 0 Å². The van der Waals surface area contributed by atoms with Gasteiger partial charge in [0.2, 0.25) is 0 Å². The Hall–Kier alpha value is -1.58. The topological polar surface area (TPSA) is 54.0 Å². The summed E-state index contributed by atoms with van der Waals surface area (Å²) in [5, 5.41) is 6.02. The predicted molar refractivity (Wildman–Crippen MR) is 70.4 cm³/mol. The number of nitrogens with zero attached hydrogens (tertiary/aromatic N) is 1. The summed E-state index contributed by atoms with van der Waals surface area (Å²) in [6.45, 7) is 7.96. The van der Waals surface area contributed by atoms with Gasteiger partial charge in [0.1, 0.15) is 0 Å². The molecule has 2 N–H and O–H groups in total. The molecule has 0 fully saturated rings. The van der Waals surface area contributed by atoms with Crippen molar-refractivity contribution in [2.45, 2.75) is 39.7 Å². The van der Waals surface area contributed by atoms with Crippen molar-refractivity contribution in [2.24, 2.45) is 0 Å². The quantitative estimate of drug-likeness (QED) is 0.842. The Kier molecular flexibility index (Phi) is 4.10. The summed E-state index contributed by atoms with van der Waals surface area (Å²) in [5.74, 6) is -0.0892. The molecule has 0 aliphatic rings. The molecule has 4 nitrogen and oxygen atoms in total. The molecule has 1 rings (SSSR count). The number of carbonyl (C=O) groups excluding carboxylic acids is 1. The standard InChI is InChI=1S/C13H21N3O/c1-6-13(3,4)16-12(17)10-8-15-9(2)7-11(10)14-5/h7-8H,6H2,1-5H3,(H,14,15)(H,16,17). The van der Waals surface area contributed by atoms with Crippen LogP contribution in [-0.4, -0.2) is 23.5 Å². The number of amides is 1. The first kappa shape index (κ1) is 13.5. The molecule has 94 valence electrons. The van der Waals surface area contributed by atoms with E-state index in [4.69, 9.17) is 0 Å². The van der Waals surface area contributed by atoms with Crippen molar-refractivity contribution in [3.63, 3.8) is 0 Å². The van der Waals surface area contributed by atoms with Gasteiger partial charge < -0.3 is 10.6 Å². The molecule has 0 aliphatic heterocycles. The molecule has 1 amide bonds. The average Bonchev–Trinajstić information content (AvgIpc) is 2.28. The number of hydrogen-bond acceptors (Lipinski definition) is 3. The first-order valence-corrected chi connectivity index (χ1v) is 5.86. The molecule has 0 saturated heterocycles. The third kappa shape index (κ3) is 3.44. The smallest absolute Gasteiger partial charge is 0.255 e. The summed E-state index contributed by atoms with van der Waals surface area (Å²) in [5.41, 5.74) is 2.08. The van der Waals surface area contributed by atoms with E-state index >= 15 is 0 Å². The predicted octanol–water partition coefficient (Wildman–Crippen LogP) is 2.35. The van der Waals surface area contributed by atoms with Gasteiger partial charge in [-0.05, 0) is 33.3 Å². The van der Waals surface area contributed by atoms with Gasteiger partial charge in [-0.15, -0.1) is 0 Å². The Morgan fingerprint density at radius 2 is 2.12 bits per heavy atom. The number of hydrogen-bond donors (Lipinski definition) is 2. The number of nitrogens with one attached hydrogen (secondary N) is 2. The third-order valence-corrected chi connectivity index (χ3v) is 2.89. The van der Waals surface area contributed by atoms with Crippen LogP contribution in [0, 0.1) is 6.92 Å². The minimum atomic E-state index is -0.201. The lowest BCUT2D eigenvalue weighted by Gasteiger charge is -2.25. The fourth-order valence-corrected chi connectivity index (χ4v) is 1.41. The summed E-state index contributed by atoms with van der Waals surface area (Å²) in [6.07, 6.45) is 2.50. The maximum absolute atomic E-state index is 12.1. The Morgan fingerprint density at radius 1 is 1.47 bits per heavy atom. The minimum Gasteiger partial charge on any atom is -0.387 e. The highest BCUT2D eigenvalue weighted by atomic mass is 16.1. The van der Waals surface area contributed by atoms with Gasteiger partial charge in [-0.25, -0.2) is 0 Å². The van der Waals surface area contributed by atoms with E-state index < -0.39 is 0 Å². The lowest BCUT2D eigenvalue weighted by atomic mass is 10.0. The van der Waals surface area contributed by atoms with Crippen molar-refractivity contribution in [1.82, 2.24) is 10.3 Å². The van der Waals surface area contributed by atoms with Crippen molar-refractivity contribution in [1.29, 1.82) is 0 Å². The van der Waals surface area contributed by atoms with Gasteiger partial charge in [-0.1, -0.05) is 6.92 Å². The van der Waals surface area contributed by atoms with E-state index in [1.807, 2.05) is 33.8 Å². The fourth-order valence-electron chi connectivity index (χ4n) is 1.41. The van der Waals surface area contributed by atoms with Gasteiger partial charge >= 0.3 is 0 Å². The summed E-state index contributed by atoms with van der Waals surface area (Å²) in [6, 6.07) is 1.87. The number of aromatic nitrogens is 1. The van der Waals surface area contributed by atoms with Crippen LogP contribution in [0.1, 0.15) is 43.2 Å². The summed E-state index contributed by atoms with van der Waals surface area (Å²) in [4.78, 5) is 16.3. The van der Waals surface area contributed by atoms with Crippen molar-refractivity contribution in [3.8, 4) is 0 Å². The van der Waals surface area contributed by atoms with Crippen LogP contribution in [0.3, 0.4) is 0 Å². The van der Waals surface area contributed by atoms with Gasteiger partial charge in [0.05, 0.1) is 11.3 Å². The van der Waals surface area contributed by atoms with E-state index in [0.717, 1.165) is 17.8 Å². The number of anilines is 1. The Bertz CT molecular complexity index is 413. The molecule has 0 unspecified atom stereocenters. The summed E-state index contributed by atoms with van der Waals surface area (Å²) < 4.78 is 0. The van der Waals surface area contributed by atoms with Gasteiger partial charge in [0.25, 0.3) is 5.91 Å². The SMILES string of the molecule is CCC(C)(C)NC(=O)c1cnc(C)cc1NC. The van der Waals surface area contributed by atoms with Crippen molar-refractivity contribution >= 4 is 11.6 Å². The Balaban J connectivity index is 2.96. The van der Waals surface area contributed by atoms with E-state index in [1.54, 1.807) is 13.2 Å². The zero-order valence-electron chi connectivity index (χ0n) is 11.2. The first-order valence-electron chi connectivity index (χ1n) is 5.86. The van der Waals surface area contributed by atoms with E-state index in [-0.39, 0.29) is 11.4 Å².